The van der Waals surface area contributed by atoms with E-state index in [1.165, 1.54) is 0 Å². The van der Waals surface area contributed by atoms with E-state index in [2.05, 4.69) is 10.5 Å². The summed E-state index contributed by atoms with van der Waals surface area (Å²) in [6.45, 7) is 6.91. The SMILES string of the molecule is CC1=NO[C@@](C)(C(=O)NC2CCN(C(=O)c3ccc(C)cc3)CC2)C1. The highest BCUT2D eigenvalue weighted by Gasteiger charge is 2.41. The molecule has 0 aliphatic carbocycles. The number of rotatable bonds is 3. The maximum Gasteiger partial charge on any atom is 0.267 e. The Kier molecular flexibility index (Phi) is 4.79. The molecule has 0 aromatic heterocycles. The number of piperidine rings is 1. The first kappa shape index (κ1) is 17.5. The second-order valence-electron chi connectivity index (χ2n) is 7.23. The summed E-state index contributed by atoms with van der Waals surface area (Å²) in [5, 5.41) is 6.93. The highest BCUT2D eigenvalue weighted by Crippen LogP contribution is 2.24. The van der Waals surface area contributed by atoms with Crippen molar-refractivity contribution in [2.45, 2.75) is 51.7 Å². The number of likely N-dealkylation sites (tertiary alicyclic amines) is 1. The molecular weight excluding hydrogens is 318 g/mol. The third-order valence-electron chi connectivity index (χ3n) is 4.89. The minimum Gasteiger partial charge on any atom is -0.379 e. The average molecular weight is 343 g/mol. The van der Waals surface area contributed by atoms with Gasteiger partial charge >= 0.3 is 0 Å². The summed E-state index contributed by atoms with van der Waals surface area (Å²) >= 11 is 0. The third-order valence-corrected chi connectivity index (χ3v) is 4.89. The molecule has 1 aromatic carbocycles. The van der Waals surface area contributed by atoms with Crippen LogP contribution in [0.15, 0.2) is 29.4 Å². The summed E-state index contributed by atoms with van der Waals surface area (Å²) in [5.74, 6) is -0.0729. The molecular formula is C19H25N3O3. The van der Waals surface area contributed by atoms with E-state index < -0.39 is 5.60 Å². The van der Waals surface area contributed by atoms with Gasteiger partial charge < -0.3 is 15.1 Å². The van der Waals surface area contributed by atoms with Crippen molar-refractivity contribution in [2.75, 3.05) is 13.1 Å². The van der Waals surface area contributed by atoms with E-state index in [9.17, 15) is 9.59 Å². The van der Waals surface area contributed by atoms with E-state index in [0.29, 0.717) is 25.1 Å². The highest BCUT2D eigenvalue weighted by atomic mass is 16.7. The van der Waals surface area contributed by atoms with Crippen LogP contribution in [0.3, 0.4) is 0 Å². The monoisotopic (exact) mass is 343 g/mol. The average Bonchev–Trinajstić information content (AvgIpc) is 2.96. The number of carbonyl (C=O) groups excluding carboxylic acids is 2. The first-order valence-electron chi connectivity index (χ1n) is 8.76. The first-order valence-corrected chi connectivity index (χ1v) is 8.76. The van der Waals surface area contributed by atoms with Gasteiger partial charge in [-0.05, 0) is 45.7 Å². The van der Waals surface area contributed by atoms with Crippen LogP contribution in [0.5, 0.6) is 0 Å². The fraction of sp³-hybridized carbons (Fsp3) is 0.526. The molecule has 2 amide bonds. The van der Waals surface area contributed by atoms with Crippen molar-refractivity contribution >= 4 is 17.5 Å². The number of hydrogen-bond donors (Lipinski definition) is 1. The molecule has 0 saturated carbocycles. The Morgan fingerprint density at radius 2 is 1.84 bits per heavy atom. The van der Waals surface area contributed by atoms with E-state index in [1.807, 2.05) is 43.0 Å². The molecule has 0 unspecified atom stereocenters. The summed E-state index contributed by atoms with van der Waals surface area (Å²) in [5.41, 5.74) is 1.78. The van der Waals surface area contributed by atoms with Crippen LogP contribution in [-0.4, -0.2) is 47.2 Å². The van der Waals surface area contributed by atoms with Gasteiger partial charge in [0.2, 0.25) is 5.60 Å². The minimum absolute atomic E-state index is 0.0555. The number of benzene rings is 1. The standard InChI is InChI=1S/C19H25N3O3/c1-13-4-6-15(7-5-13)17(23)22-10-8-16(9-11-22)20-18(24)19(3)12-14(2)21-25-19/h4-7,16H,8-12H2,1-3H3,(H,20,24)/t19-/m1/s1. The minimum atomic E-state index is -0.904. The number of aryl methyl sites for hydroxylation is 1. The fourth-order valence-electron chi connectivity index (χ4n) is 3.30. The van der Waals surface area contributed by atoms with Crippen molar-refractivity contribution < 1.29 is 14.4 Å². The molecule has 1 fully saturated rings. The molecule has 0 radical (unpaired) electrons. The maximum absolute atomic E-state index is 12.5. The van der Waals surface area contributed by atoms with Gasteiger partial charge in [0.15, 0.2) is 0 Å². The summed E-state index contributed by atoms with van der Waals surface area (Å²) < 4.78 is 0. The van der Waals surface area contributed by atoms with Gasteiger partial charge in [0.1, 0.15) is 0 Å². The van der Waals surface area contributed by atoms with E-state index in [1.54, 1.807) is 6.92 Å². The van der Waals surface area contributed by atoms with Gasteiger partial charge in [-0.2, -0.15) is 0 Å². The summed E-state index contributed by atoms with van der Waals surface area (Å²) in [6.07, 6.45) is 2.02. The number of carbonyl (C=O) groups is 2. The summed E-state index contributed by atoms with van der Waals surface area (Å²) in [4.78, 5) is 32.1. The maximum atomic E-state index is 12.5. The topological polar surface area (TPSA) is 71.0 Å². The van der Waals surface area contributed by atoms with Gasteiger partial charge in [-0.1, -0.05) is 22.9 Å². The van der Waals surface area contributed by atoms with E-state index >= 15 is 0 Å². The Bertz CT molecular complexity index is 690. The second kappa shape index (κ2) is 6.86. The molecule has 6 nitrogen and oxygen atoms in total. The van der Waals surface area contributed by atoms with Crippen LogP contribution in [0.2, 0.25) is 0 Å². The normalized spacial score (nSPS) is 23.8. The number of hydrogen-bond acceptors (Lipinski definition) is 4. The van der Waals surface area contributed by atoms with Crippen LogP contribution < -0.4 is 5.32 Å². The third kappa shape index (κ3) is 3.83. The zero-order chi connectivity index (χ0) is 18.0. The molecule has 0 spiro atoms. The molecule has 3 rings (SSSR count). The predicted octanol–water partition coefficient (Wildman–Crippen LogP) is 2.27. The Morgan fingerprint density at radius 3 is 2.40 bits per heavy atom. The Balaban J connectivity index is 1.51. The number of oxime groups is 1. The van der Waals surface area contributed by atoms with Crippen LogP contribution in [0.25, 0.3) is 0 Å². The lowest BCUT2D eigenvalue weighted by Crippen LogP contribution is -2.52. The van der Waals surface area contributed by atoms with Crippen LogP contribution in [0, 0.1) is 6.92 Å². The van der Waals surface area contributed by atoms with Crippen molar-refractivity contribution in [3.8, 4) is 0 Å². The predicted molar refractivity (Wildman–Crippen MR) is 95.5 cm³/mol. The Labute approximate surface area is 148 Å². The van der Waals surface area contributed by atoms with Crippen LogP contribution in [0.4, 0.5) is 0 Å². The van der Waals surface area contributed by atoms with Gasteiger partial charge in [-0.25, -0.2) is 0 Å². The smallest absolute Gasteiger partial charge is 0.267 e. The number of nitrogens with zero attached hydrogens (tertiary/aromatic N) is 2. The quantitative estimate of drug-likeness (QED) is 0.915. The second-order valence-corrected chi connectivity index (χ2v) is 7.23. The van der Waals surface area contributed by atoms with Gasteiger partial charge in [0.05, 0.1) is 5.71 Å². The van der Waals surface area contributed by atoms with E-state index in [0.717, 1.165) is 24.1 Å². The van der Waals surface area contributed by atoms with Crippen molar-refractivity contribution in [3.63, 3.8) is 0 Å². The highest BCUT2D eigenvalue weighted by molar-refractivity contribution is 5.95. The van der Waals surface area contributed by atoms with Crippen molar-refractivity contribution in [1.82, 2.24) is 10.2 Å². The van der Waals surface area contributed by atoms with Crippen LogP contribution >= 0.6 is 0 Å². The van der Waals surface area contributed by atoms with E-state index in [4.69, 9.17) is 4.84 Å². The molecule has 1 aromatic rings. The largest absolute Gasteiger partial charge is 0.379 e. The number of amides is 2. The molecule has 6 heteroatoms. The van der Waals surface area contributed by atoms with Crippen LogP contribution in [0.1, 0.15) is 49.0 Å². The van der Waals surface area contributed by atoms with Crippen molar-refractivity contribution in [1.29, 1.82) is 0 Å². The van der Waals surface area contributed by atoms with Crippen molar-refractivity contribution in [3.05, 3.63) is 35.4 Å². The van der Waals surface area contributed by atoms with Gasteiger partial charge in [-0.15, -0.1) is 0 Å². The molecule has 25 heavy (non-hydrogen) atoms. The molecule has 1 saturated heterocycles. The lowest BCUT2D eigenvalue weighted by molar-refractivity contribution is -0.142. The van der Waals surface area contributed by atoms with Gasteiger partial charge in [0, 0.05) is 31.1 Å². The molecule has 1 atom stereocenters. The fourth-order valence-corrected chi connectivity index (χ4v) is 3.30. The summed E-state index contributed by atoms with van der Waals surface area (Å²) in [7, 11) is 0. The lowest BCUT2D eigenvalue weighted by Gasteiger charge is -2.33. The van der Waals surface area contributed by atoms with Gasteiger partial charge in [-0.3, -0.25) is 9.59 Å². The Morgan fingerprint density at radius 1 is 1.20 bits per heavy atom. The van der Waals surface area contributed by atoms with Crippen LogP contribution in [-0.2, 0) is 9.63 Å². The summed E-state index contributed by atoms with van der Waals surface area (Å²) in [6, 6.07) is 7.70. The molecule has 2 heterocycles. The number of nitrogens with one attached hydrogen (secondary N) is 1. The molecule has 2 aliphatic rings. The van der Waals surface area contributed by atoms with Gasteiger partial charge in [0.25, 0.3) is 11.8 Å². The van der Waals surface area contributed by atoms with Crippen molar-refractivity contribution in [2.24, 2.45) is 5.16 Å². The molecule has 2 aliphatic heterocycles. The molecule has 134 valence electrons. The molecule has 1 N–H and O–H groups in total. The van der Waals surface area contributed by atoms with E-state index in [-0.39, 0.29) is 17.9 Å². The zero-order valence-corrected chi connectivity index (χ0v) is 15.0. The molecule has 0 bridgehead atoms. The zero-order valence-electron chi connectivity index (χ0n) is 15.0. The first-order chi connectivity index (χ1) is 11.9. The Hall–Kier alpha value is -2.37. The lowest BCUT2D eigenvalue weighted by atomic mass is 9.97.